The van der Waals surface area contributed by atoms with Crippen molar-refractivity contribution in [1.82, 2.24) is 0 Å². The third kappa shape index (κ3) is 4.59. The smallest absolute Gasteiger partial charge is 0.279 e. The highest BCUT2D eigenvalue weighted by Crippen LogP contribution is 2.52. The van der Waals surface area contributed by atoms with E-state index in [0.29, 0.717) is 0 Å². The molecule has 48 heavy (non-hydrogen) atoms. The first-order valence-corrected chi connectivity index (χ1v) is 16.8. The lowest BCUT2D eigenvalue weighted by atomic mass is 9.78. The number of hydrogen-bond donors (Lipinski definition) is 6. The Morgan fingerprint density at radius 3 is 1.33 bits per heavy atom. The van der Waals surface area contributed by atoms with Gasteiger partial charge in [-0.15, -0.1) is 0 Å². The Morgan fingerprint density at radius 2 is 1.00 bits per heavy atom. The van der Waals surface area contributed by atoms with Gasteiger partial charge < -0.3 is 10.2 Å². The fourth-order valence-corrected chi connectivity index (χ4v) is 9.09. The molecule has 6 N–H and O–H groups in total. The number of nitrogens with one attached hydrogen (secondary N) is 2. The van der Waals surface area contributed by atoms with E-state index in [-0.39, 0.29) is 33.4 Å². The average molecular weight is 695 g/mol. The van der Waals surface area contributed by atoms with Gasteiger partial charge in [-0.3, -0.25) is 9.11 Å². The van der Waals surface area contributed by atoms with Gasteiger partial charge in [0.25, 0.3) is 20.2 Å². The summed E-state index contributed by atoms with van der Waals surface area (Å²) >= 11 is 0. The van der Waals surface area contributed by atoms with Gasteiger partial charge in [-0.05, 0) is 34.4 Å². The molecule has 4 aromatic carbocycles. The Balaban J connectivity index is 1.50. The van der Waals surface area contributed by atoms with Gasteiger partial charge in [-0.25, -0.2) is 19.8 Å². The molecule has 0 heterocycles. The summed E-state index contributed by atoms with van der Waals surface area (Å²) < 4.78 is 115. The van der Waals surface area contributed by atoms with Crippen LogP contribution in [0.25, 0.3) is 22.6 Å². The monoisotopic (exact) mass is 694 g/mol. The second kappa shape index (κ2) is 11.2. The first-order valence-electron chi connectivity index (χ1n) is 14.8. The summed E-state index contributed by atoms with van der Waals surface area (Å²) in [5.41, 5.74) is 3.18. The van der Waals surface area contributed by atoms with Crippen molar-refractivity contribution in [1.29, 1.82) is 11.0 Å². The maximum absolute atomic E-state index is 16.2. The summed E-state index contributed by atoms with van der Waals surface area (Å²) in [4.78, 5) is 0. The molecule has 0 aromatic heterocycles. The highest BCUT2D eigenvalue weighted by atomic mass is 32.2. The Labute approximate surface area is 275 Å². The van der Waals surface area contributed by atoms with Crippen molar-refractivity contribution in [2.75, 3.05) is 0 Å². The quantitative estimate of drug-likeness (QED) is 0.0854. The fourth-order valence-electron chi connectivity index (χ4n) is 6.65. The standard InChI is InChI=1S/C32H24F2N4O8S2/c33-25-13-17(9-11-23(25)31(47(41,42)43)15-27(37-35)29(39)19-5-1-3-7-21(19)31)18-10-12-24(26(34)14-18)32(48(44,45)46)16-28(38-36)30(40)20-6-2-4-8-22(20)32/h1-14,35-36,39-40H,15-16H2,(H,41,42,43)(H,44,45,46)/b37-35+,38-36+. The summed E-state index contributed by atoms with van der Waals surface area (Å²) in [6.07, 6.45) is -1.61. The van der Waals surface area contributed by atoms with E-state index in [9.17, 15) is 36.2 Å². The van der Waals surface area contributed by atoms with Crippen molar-refractivity contribution in [2.24, 2.45) is 10.2 Å². The molecule has 4 aromatic rings. The van der Waals surface area contributed by atoms with Crippen LogP contribution in [0.4, 0.5) is 8.78 Å². The molecule has 2 atom stereocenters. The number of benzene rings is 4. The molecule has 2 aliphatic carbocycles. The van der Waals surface area contributed by atoms with Gasteiger partial charge in [0, 0.05) is 35.1 Å². The Kier molecular flexibility index (Phi) is 7.06. The number of hydrogen-bond acceptors (Lipinski definition) is 10. The molecule has 0 aliphatic heterocycles. The maximum atomic E-state index is 16.2. The van der Waals surface area contributed by atoms with E-state index in [0.717, 1.165) is 24.3 Å². The van der Waals surface area contributed by atoms with E-state index < -0.39 is 88.2 Å². The Bertz CT molecular complexity index is 2270. The van der Waals surface area contributed by atoms with Crippen molar-refractivity contribution in [3.63, 3.8) is 0 Å². The molecule has 0 saturated heterocycles. The van der Waals surface area contributed by atoms with Crippen molar-refractivity contribution in [3.05, 3.63) is 141 Å². The molecule has 2 aliphatic rings. The summed E-state index contributed by atoms with van der Waals surface area (Å²) in [5.74, 6) is -3.39. The molecule has 2 unspecified atom stereocenters. The molecular formula is C32H24F2N4O8S2. The SMILES string of the molecule is [H]/N=N/C1=C(O)c2ccccc2C(c2ccc(-c3ccc(C4(S(=O)(=O)O)CC(/N=N/[H])=C(O)c5ccccc54)c(F)c3)cc2F)(S(=O)(=O)O)C1. The van der Waals surface area contributed by atoms with Crippen LogP contribution in [0.1, 0.15) is 46.2 Å². The molecule has 246 valence electrons. The number of nitrogens with zero attached hydrogens (tertiary/aromatic N) is 2. The van der Waals surface area contributed by atoms with Gasteiger partial charge in [0.2, 0.25) is 2.82 Å². The highest BCUT2D eigenvalue weighted by Gasteiger charge is 2.54. The predicted octanol–water partition coefficient (Wildman–Crippen LogP) is 7.22. The normalized spacial score (nSPS) is 22.1. The minimum Gasteiger partial charge on any atom is -0.505 e. The molecule has 12 nitrogen and oxygen atoms in total. The number of fused-ring (bicyclic) bond motifs is 2. The Morgan fingerprint density at radius 1 is 0.625 bits per heavy atom. The minimum atomic E-state index is -5.25. The predicted molar refractivity (Wildman–Crippen MR) is 168 cm³/mol. The zero-order chi connectivity index (χ0) is 36.2. The van der Waals surface area contributed by atoms with Gasteiger partial charge in [0.1, 0.15) is 34.5 Å². The third-order valence-corrected chi connectivity index (χ3v) is 11.8. The van der Waals surface area contributed by atoms with E-state index in [1.165, 1.54) is 60.7 Å². The second-order valence-corrected chi connectivity index (χ2v) is 14.5. The third-order valence-electron chi connectivity index (χ3n) is 8.88. The van der Waals surface area contributed by atoms with Gasteiger partial charge in [-0.2, -0.15) is 27.1 Å². The topological polar surface area (TPSA) is 222 Å². The van der Waals surface area contributed by atoms with E-state index in [2.05, 4.69) is 21.3 Å². The van der Waals surface area contributed by atoms with Gasteiger partial charge in [-0.1, -0.05) is 72.8 Å². The van der Waals surface area contributed by atoms with Crippen LogP contribution in [0, 0.1) is 22.7 Å². The van der Waals surface area contributed by atoms with Crippen molar-refractivity contribution in [2.45, 2.75) is 22.3 Å². The van der Waals surface area contributed by atoms with Crippen LogP contribution in [0.2, 0.25) is 2.82 Å². The number of aliphatic hydroxyl groups is 2. The van der Waals surface area contributed by atoms with E-state index in [1.54, 1.807) is 0 Å². The first-order chi connectivity index (χ1) is 23.6. The fraction of sp³-hybridized carbons (Fsp3) is 0.125. The second-order valence-electron chi connectivity index (χ2n) is 11.2. The van der Waals surface area contributed by atoms with Crippen LogP contribution >= 0.6 is 0 Å². The van der Waals surface area contributed by atoms with Crippen molar-refractivity contribution in [3.8, 4) is 11.1 Å². The van der Waals surface area contributed by atoms with E-state index in [1.807, 2.05) is 0 Å². The van der Waals surface area contributed by atoms with Crippen molar-refractivity contribution >= 4 is 31.8 Å². The number of halogens is 2. The molecular weight excluding hydrogens is 671 g/mol. The molecule has 16 heteroatoms. The molecule has 0 radical (unpaired) electrons. The summed E-state index contributed by atoms with van der Waals surface area (Å²) in [7, 11) is -10.5. The van der Waals surface area contributed by atoms with Gasteiger partial charge in [0.05, 0.1) is 0 Å². The molecule has 0 fully saturated rings. The maximum Gasteiger partial charge on any atom is 0.279 e. The van der Waals surface area contributed by atoms with Gasteiger partial charge in [0.15, 0.2) is 9.49 Å². The summed E-state index contributed by atoms with van der Waals surface area (Å²) in [6, 6.07) is 17.2. The lowest BCUT2D eigenvalue weighted by molar-refractivity contribution is 0.424. The molecule has 0 spiro atoms. The lowest BCUT2D eigenvalue weighted by Gasteiger charge is -2.36. The van der Waals surface area contributed by atoms with Crippen molar-refractivity contribution < 1.29 is 47.8 Å². The van der Waals surface area contributed by atoms with Crippen LogP contribution < -0.4 is 0 Å². The zero-order valence-corrected chi connectivity index (χ0v) is 25.9. The molecule has 0 bridgehead atoms. The molecule has 0 amide bonds. The average Bonchev–Trinajstić information content (AvgIpc) is 3.07. The minimum absolute atomic E-state index is 0.0121. The Hall–Kier alpha value is -5.16. The van der Waals surface area contributed by atoms with E-state index in [4.69, 9.17) is 2.82 Å². The van der Waals surface area contributed by atoms with Crippen LogP contribution in [-0.2, 0) is 29.7 Å². The number of rotatable bonds is 7. The van der Waals surface area contributed by atoms with Crippen LogP contribution in [0.3, 0.4) is 0 Å². The number of aliphatic hydroxyl groups excluding tert-OH is 2. The van der Waals surface area contributed by atoms with Crippen LogP contribution in [-0.4, -0.2) is 36.2 Å². The van der Waals surface area contributed by atoms with Gasteiger partial charge >= 0.3 is 0 Å². The zero-order valence-electron chi connectivity index (χ0n) is 26.3. The number of allylic oxidation sites excluding steroid dienone is 2. The lowest BCUT2D eigenvalue weighted by Crippen LogP contribution is -2.41. The van der Waals surface area contributed by atoms with Crippen LogP contribution in [0.5, 0.6) is 0 Å². The summed E-state index contributed by atoms with van der Waals surface area (Å²) in [5, 5.41) is 28.4. The molecule has 0 saturated carbocycles. The largest absolute Gasteiger partial charge is 0.505 e. The molecule has 6 rings (SSSR count). The summed E-state index contributed by atoms with van der Waals surface area (Å²) in [6.45, 7) is 0. The first kappa shape index (κ1) is 30.2. The van der Waals surface area contributed by atoms with Crippen LogP contribution in [0.15, 0.2) is 107 Å². The highest BCUT2D eigenvalue weighted by molar-refractivity contribution is 7.87. The van der Waals surface area contributed by atoms with E-state index >= 15 is 8.78 Å².